The van der Waals surface area contributed by atoms with Crippen LogP contribution in [0.2, 0.25) is 5.15 Å². The van der Waals surface area contributed by atoms with E-state index in [2.05, 4.69) is 11.9 Å². The number of rotatable bonds is 3. The van der Waals surface area contributed by atoms with Gasteiger partial charge >= 0.3 is 0 Å². The van der Waals surface area contributed by atoms with E-state index in [1.165, 1.54) is 6.07 Å². The van der Waals surface area contributed by atoms with Crippen LogP contribution >= 0.6 is 11.6 Å². The van der Waals surface area contributed by atoms with Gasteiger partial charge in [0.05, 0.1) is 10.5 Å². The summed E-state index contributed by atoms with van der Waals surface area (Å²) in [6.45, 7) is 3.43. The first kappa shape index (κ1) is 14.7. The van der Waals surface area contributed by atoms with Gasteiger partial charge in [-0.3, -0.25) is 14.9 Å². The lowest BCUT2D eigenvalue weighted by Gasteiger charge is -2.32. The first-order chi connectivity index (χ1) is 9.52. The summed E-state index contributed by atoms with van der Waals surface area (Å²) in [7, 11) is 0. The van der Waals surface area contributed by atoms with Crippen LogP contribution in [0.4, 0.5) is 5.69 Å². The number of halogens is 1. The molecule has 1 unspecified atom stereocenters. The molecule has 0 saturated carbocycles. The summed E-state index contributed by atoms with van der Waals surface area (Å²) >= 11 is 5.90. The van der Waals surface area contributed by atoms with Crippen LogP contribution in [-0.4, -0.2) is 33.8 Å². The topological polar surface area (TPSA) is 76.3 Å². The van der Waals surface area contributed by atoms with Crippen molar-refractivity contribution in [1.29, 1.82) is 0 Å². The zero-order valence-electron chi connectivity index (χ0n) is 11.2. The number of carbonyl (C=O) groups is 1. The second-order valence-electron chi connectivity index (χ2n) is 4.96. The van der Waals surface area contributed by atoms with Crippen LogP contribution in [0.25, 0.3) is 0 Å². The average Bonchev–Trinajstić information content (AvgIpc) is 2.46. The van der Waals surface area contributed by atoms with Crippen LogP contribution in [-0.2, 0) is 0 Å². The summed E-state index contributed by atoms with van der Waals surface area (Å²) in [6, 6.07) is 1.20. The van der Waals surface area contributed by atoms with Crippen LogP contribution in [0, 0.1) is 16.0 Å². The fourth-order valence-corrected chi connectivity index (χ4v) is 2.62. The Morgan fingerprint density at radius 1 is 1.65 bits per heavy atom. The summed E-state index contributed by atoms with van der Waals surface area (Å²) in [6.07, 6.45) is 4.14. The first-order valence-corrected chi connectivity index (χ1v) is 7.00. The molecule has 6 nitrogen and oxygen atoms in total. The predicted molar refractivity (Wildman–Crippen MR) is 74.8 cm³/mol. The molecule has 20 heavy (non-hydrogen) atoms. The van der Waals surface area contributed by atoms with Gasteiger partial charge in [0.15, 0.2) is 0 Å². The summed E-state index contributed by atoms with van der Waals surface area (Å²) in [5.74, 6) is 0.211. The van der Waals surface area contributed by atoms with Gasteiger partial charge < -0.3 is 4.90 Å². The molecule has 0 spiro atoms. The van der Waals surface area contributed by atoms with Crippen molar-refractivity contribution in [1.82, 2.24) is 9.88 Å². The lowest BCUT2D eigenvalue weighted by molar-refractivity contribution is -0.385. The van der Waals surface area contributed by atoms with Gasteiger partial charge in [0.1, 0.15) is 11.3 Å². The maximum absolute atomic E-state index is 12.4. The van der Waals surface area contributed by atoms with Crippen LogP contribution in [0.15, 0.2) is 12.3 Å². The van der Waals surface area contributed by atoms with E-state index < -0.39 is 4.92 Å². The summed E-state index contributed by atoms with van der Waals surface area (Å²) in [5.41, 5.74) is -0.112. The van der Waals surface area contributed by atoms with E-state index in [0.29, 0.717) is 19.0 Å². The number of nitrogens with zero attached hydrogens (tertiary/aromatic N) is 3. The zero-order chi connectivity index (χ0) is 14.7. The number of hydrogen-bond acceptors (Lipinski definition) is 4. The predicted octanol–water partition coefficient (Wildman–Crippen LogP) is 2.91. The van der Waals surface area contributed by atoms with E-state index in [1.807, 2.05) is 0 Å². The molecule has 7 heteroatoms. The van der Waals surface area contributed by atoms with Crippen LogP contribution < -0.4 is 0 Å². The van der Waals surface area contributed by atoms with Crippen molar-refractivity contribution in [2.75, 3.05) is 13.1 Å². The molecule has 0 aromatic carbocycles. The molecule has 0 N–H and O–H groups in total. The molecule has 1 amide bonds. The molecule has 1 atom stereocenters. The van der Waals surface area contributed by atoms with E-state index in [1.54, 1.807) is 4.90 Å². The highest BCUT2D eigenvalue weighted by molar-refractivity contribution is 6.32. The van der Waals surface area contributed by atoms with Crippen LogP contribution in [0.3, 0.4) is 0 Å². The Labute approximate surface area is 121 Å². The number of nitro groups is 1. The molecule has 2 rings (SSSR count). The van der Waals surface area contributed by atoms with E-state index in [9.17, 15) is 14.9 Å². The molecule has 0 radical (unpaired) electrons. The highest BCUT2D eigenvalue weighted by atomic mass is 35.5. The molecule has 0 bridgehead atoms. The third-order valence-corrected chi connectivity index (χ3v) is 3.95. The number of amides is 1. The van der Waals surface area contributed by atoms with Crippen molar-refractivity contribution in [3.63, 3.8) is 0 Å². The number of hydrogen-bond donors (Lipinski definition) is 0. The summed E-state index contributed by atoms with van der Waals surface area (Å²) in [4.78, 5) is 28.1. The molecule has 0 aliphatic carbocycles. The molecule has 1 aromatic heterocycles. The largest absolute Gasteiger partial charge is 0.338 e. The van der Waals surface area contributed by atoms with Gasteiger partial charge in [-0.05, 0) is 18.8 Å². The van der Waals surface area contributed by atoms with Crippen molar-refractivity contribution >= 4 is 23.2 Å². The third-order valence-electron chi connectivity index (χ3n) is 3.65. The average molecular weight is 298 g/mol. The van der Waals surface area contributed by atoms with Gasteiger partial charge in [-0.25, -0.2) is 4.98 Å². The second kappa shape index (κ2) is 6.17. The fraction of sp³-hybridized carbons (Fsp3) is 0.538. The van der Waals surface area contributed by atoms with E-state index in [0.717, 1.165) is 25.5 Å². The Hall–Kier alpha value is -1.69. The van der Waals surface area contributed by atoms with Gasteiger partial charge in [-0.2, -0.15) is 0 Å². The summed E-state index contributed by atoms with van der Waals surface area (Å²) < 4.78 is 0. The van der Waals surface area contributed by atoms with Crippen molar-refractivity contribution < 1.29 is 9.72 Å². The quantitative estimate of drug-likeness (QED) is 0.488. The van der Waals surface area contributed by atoms with Crippen molar-refractivity contribution in [3.8, 4) is 0 Å². The van der Waals surface area contributed by atoms with Gasteiger partial charge in [-0.1, -0.05) is 24.9 Å². The molecule has 2 heterocycles. The third kappa shape index (κ3) is 3.07. The molecule has 1 aliphatic rings. The maximum Gasteiger partial charge on any atom is 0.288 e. The number of likely N-dealkylation sites (tertiary alicyclic amines) is 1. The fourth-order valence-electron chi connectivity index (χ4n) is 2.44. The Bertz CT molecular complexity index is 536. The van der Waals surface area contributed by atoms with Gasteiger partial charge in [0.2, 0.25) is 0 Å². The molecule has 1 fully saturated rings. The molecular formula is C13H16ClN3O3. The maximum atomic E-state index is 12.4. The standard InChI is InChI=1S/C13H16ClN3O3/c1-2-9-4-3-5-16(8-9)13(18)11-6-10(17(19)20)7-15-12(11)14/h6-7,9H,2-5,8H2,1H3. The van der Waals surface area contributed by atoms with Crippen molar-refractivity contribution in [2.24, 2.45) is 5.92 Å². The first-order valence-electron chi connectivity index (χ1n) is 6.62. The number of pyridine rings is 1. The highest BCUT2D eigenvalue weighted by Crippen LogP contribution is 2.24. The molecule has 1 aromatic rings. The SMILES string of the molecule is CCC1CCCN(C(=O)c2cc([N+](=O)[O-])cnc2Cl)C1. The lowest BCUT2D eigenvalue weighted by Crippen LogP contribution is -2.39. The van der Waals surface area contributed by atoms with Gasteiger partial charge in [-0.15, -0.1) is 0 Å². The monoisotopic (exact) mass is 297 g/mol. The van der Waals surface area contributed by atoms with E-state index >= 15 is 0 Å². The molecule has 1 aliphatic heterocycles. The van der Waals surface area contributed by atoms with E-state index in [4.69, 9.17) is 11.6 Å². The van der Waals surface area contributed by atoms with Crippen LogP contribution in [0.5, 0.6) is 0 Å². The minimum Gasteiger partial charge on any atom is -0.338 e. The smallest absolute Gasteiger partial charge is 0.288 e. The second-order valence-corrected chi connectivity index (χ2v) is 5.31. The number of aromatic nitrogens is 1. The normalized spacial score (nSPS) is 18.9. The number of carbonyl (C=O) groups excluding carboxylic acids is 1. The highest BCUT2D eigenvalue weighted by Gasteiger charge is 2.26. The van der Waals surface area contributed by atoms with Gasteiger partial charge in [0.25, 0.3) is 11.6 Å². The Morgan fingerprint density at radius 2 is 2.40 bits per heavy atom. The lowest BCUT2D eigenvalue weighted by atomic mass is 9.95. The zero-order valence-corrected chi connectivity index (χ0v) is 12.0. The summed E-state index contributed by atoms with van der Waals surface area (Å²) in [5, 5.41) is 10.8. The molecule has 1 saturated heterocycles. The number of piperidine rings is 1. The minimum absolute atomic E-state index is 0.0132. The van der Waals surface area contributed by atoms with Gasteiger partial charge in [0, 0.05) is 19.2 Å². The Kier molecular flexibility index (Phi) is 4.54. The Morgan fingerprint density at radius 3 is 3.05 bits per heavy atom. The Balaban J connectivity index is 2.24. The molecule has 108 valence electrons. The van der Waals surface area contributed by atoms with Crippen molar-refractivity contribution in [2.45, 2.75) is 26.2 Å². The van der Waals surface area contributed by atoms with Crippen LogP contribution in [0.1, 0.15) is 36.5 Å². The minimum atomic E-state index is -0.578. The van der Waals surface area contributed by atoms with E-state index in [-0.39, 0.29) is 22.3 Å². The molecular weight excluding hydrogens is 282 g/mol. The van der Waals surface area contributed by atoms with Crippen molar-refractivity contribution in [3.05, 3.63) is 33.1 Å².